The van der Waals surface area contributed by atoms with Crippen LogP contribution in [0.3, 0.4) is 0 Å². The van der Waals surface area contributed by atoms with Crippen molar-refractivity contribution in [3.8, 4) is 0 Å². The summed E-state index contributed by atoms with van der Waals surface area (Å²) in [4.78, 5) is 27.2. The summed E-state index contributed by atoms with van der Waals surface area (Å²) in [6.07, 6.45) is 8.13. The molecule has 1 aliphatic rings. The second-order valence-electron chi connectivity index (χ2n) is 5.83. The lowest BCUT2D eigenvalue weighted by Gasteiger charge is -2.11. The highest BCUT2D eigenvalue weighted by Crippen LogP contribution is 2.39. The number of carbonyl (C=O) groups excluding carboxylic acids is 1. The molecule has 0 bridgehead atoms. The van der Waals surface area contributed by atoms with Crippen LogP contribution in [0.4, 0.5) is 0 Å². The number of hydrogen-bond donors (Lipinski definition) is 1. The van der Waals surface area contributed by atoms with Crippen molar-refractivity contribution in [2.45, 2.75) is 37.3 Å². The van der Waals surface area contributed by atoms with Gasteiger partial charge in [-0.2, -0.15) is 0 Å². The fourth-order valence-electron chi connectivity index (χ4n) is 2.62. The number of rotatable bonds is 5. The number of aromatic nitrogens is 4. The molecule has 0 spiro atoms. The molecule has 3 aromatic rings. The summed E-state index contributed by atoms with van der Waals surface area (Å²) in [6.45, 7) is 2.28. The number of hydrogen-bond acceptors (Lipinski definition) is 6. The lowest BCUT2D eigenvalue weighted by Crippen LogP contribution is -2.25. The van der Waals surface area contributed by atoms with Crippen LogP contribution in [0.25, 0.3) is 4.96 Å². The van der Waals surface area contributed by atoms with E-state index in [2.05, 4.69) is 20.3 Å². The molecule has 0 aromatic carbocycles. The average molecular weight is 359 g/mol. The smallest absolute Gasteiger partial charge is 0.256 e. The summed E-state index contributed by atoms with van der Waals surface area (Å²) in [5.41, 5.74) is 2.17. The van der Waals surface area contributed by atoms with Gasteiger partial charge in [0.1, 0.15) is 10.9 Å². The topological polar surface area (TPSA) is 72.2 Å². The van der Waals surface area contributed by atoms with E-state index in [4.69, 9.17) is 0 Å². The van der Waals surface area contributed by atoms with Gasteiger partial charge >= 0.3 is 0 Å². The zero-order valence-corrected chi connectivity index (χ0v) is 15.1. The van der Waals surface area contributed by atoms with Gasteiger partial charge in [-0.25, -0.2) is 15.0 Å². The van der Waals surface area contributed by atoms with Crippen molar-refractivity contribution in [3.63, 3.8) is 0 Å². The van der Waals surface area contributed by atoms with Crippen LogP contribution in [-0.2, 0) is 6.54 Å². The van der Waals surface area contributed by atoms with Crippen LogP contribution in [0, 0.1) is 6.92 Å². The molecule has 1 saturated carbocycles. The molecule has 3 heterocycles. The zero-order valence-electron chi connectivity index (χ0n) is 13.4. The first-order valence-electron chi connectivity index (χ1n) is 7.77. The molecule has 4 rings (SSSR count). The Labute approximate surface area is 147 Å². The Morgan fingerprint density at radius 3 is 2.96 bits per heavy atom. The number of amides is 1. The van der Waals surface area contributed by atoms with Crippen molar-refractivity contribution in [1.29, 1.82) is 0 Å². The summed E-state index contributed by atoms with van der Waals surface area (Å²) in [6, 6.07) is 0. The largest absolute Gasteiger partial charge is 0.346 e. The van der Waals surface area contributed by atoms with E-state index in [1.807, 2.05) is 35.4 Å². The van der Waals surface area contributed by atoms with E-state index in [1.165, 1.54) is 11.8 Å². The lowest BCUT2D eigenvalue weighted by atomic mass is 10.2. The first-order valence-corrected chi connectivity index (χ1v) is 9.88. The van der Waals surface area contributed by atoms with Crippen molar-refractivity contribution < 1.29 is 4.79 Å². The van der Waals surface area contributed by atoms with Crippen molar-refractivity contribution in [2.75, 3.05) is 6.26 Å². The standard InChI is InChI=1S/C16H17N5OS2/c1-9-12(15(23-2)20-13(18-9)10-3-4-10)14(22)17-7-11-8-21-5-6-24-16(21)19-11/h5-6,8,10H,3-4,7H2,1-2H3,(H,17,22). The fraction of sp³-hybridized carbons (Fsp3) is 0.375. The van der Waals surface area contributed by atoms with Crippen LogP contribution in [0.1, 0.15) is 46.3 Å². The monoisotopic (exact) mass is 359 g/mol. The van der Waals surface area contributed by atoms with E-state index < -0.39 is 0 Å². The quantitative estimate of drug-likeness (QED) is 0.560. The number of nitrogens with zero attached hydrogens (tertiary/aromatic N) is 4. The Morgan fingerprint density at radius 2 is 2.25 bits per heavy atom. The number of carbonyl (C=O) groups is 1. The normalized spacial score (nSPS) is 14.2. The van der Waals surface area contributed by atoms with Gasteiger partial charge in [0, 0.05) is 23.7 Å². The molecule has 1 fully saturated rings. The number of thiazole rings is 1. The Morgan fingerprint density at radius 1 is 1.42 bits per heavy atom. The Balaban J connectivity index is 1.53. The summed E-state index contributed by atoms with van der Waals surface area (Å²) < 4.78 is 1.96. The minimum atomic E-state index is -0.143. The van der Waals surface area contributed by atoms with Crippen LogP contribution < -0.4 is 5.32 Å². The van der Waals surface area contributed by atoms with Crippen molar-refractivity contribution >= 4 is 34.0 Å². The molecule has 8 heteroatoms. The SMILES string of the molecule is CSc1nc(C2CC2)nc(C)c1C(=O)NCc1cn2ccsc2n1. The minimum Gasteiger partial charge on any atom is -0.346 e. The number of imidazole rings is 1. The Bertz CT molecular complexity index is 884. The van der Waals surface area contributed by atoms with Gasteiger partial charge in [0.05, 0.1) is 23.5 Å². The molecule has 1 N–H and O–H groups in total. The maximum Gasteiger partial charge on any atom is 0.256 e. The maximum atomic E-state index is 12.6. The Kier molecular flexibility index (Phi) is 4.01. The van der Waals surface area contributed by atoms with Crippen molar-refractivity contribution in [1.82, 2.24) is 24.7 Å². The number of nitrogens with one attached hydrogen (secondary N) is 1. The van der Waals surface area contributed by atoms with Crippen LogP contribution in [0.15, 0.2) is 22.8 Å². The van der Waals surface area contributed by atoms with Gasteiger partial charge in [0.25, 0.3) is 5.91 Å². The van der Waals surface area contributed by atoms with E-state index in [9.17, 15) is 4.79 Å². The summed E-state index contributed by atoms with van der Waals surface area (Å²) in [7, 11) is 0. The molecule has 0 saturated heterocycles. The molecule has 6 nitrogen and oxygen atoms in total. The third-order valence-electron chi connectivity index (χ3n) is 4.01. The molecule has 0 atom stereocenters. The van der Waals surface area contributed by atoms with Gasteiger partial charge in [-0.1, -0.05) is 0 Å². The molecular weight excluding hydrogens is 342 g/mol. The van der Waals surface area contributed by atoms with Gasteiger partial charge in [0.15, 0.2) is 4.96 Å². The number of fused-ring (bicyclic) bond motifs is 1. The van der Waals surface area contributed by atoms with Crippen LogP contribution >= 0.6 is 23.1 Å². The van der Waals surface area contributed by atoms with Gasteiger partial charge in [-0.05, 0) is 26.0 Å². The van der Waals surface area contributed by atoms with Gasteiger partial charge in [0.2, 0.25) is 0 Å². The van der Waals surface area contributed by atoms with Crippen molar-refractivity contribution in [2.24, 2.45) is 0 Å². The molecular formula is C16H17N5OS2. The lowest BCUT2D eigenvalue weighted by molar-refractivity contribution is 0.0945. The summed E-state index contributed by atoms with van der Waals surface area (Å²) in [5, 5.41) is 5.68. The average Bonchev–Trinajstić information content (AvgIpc) is 3.21. The Hall–Kier alpha value is -1.93. The van der Waals surface area contributed by atoms with E-state index >= 15 is 0 Å². The highest BCUT2D eigenvalue weighted by atomic mass is 32.2. The molecule has 124 valence electrons. The predicted octanol–water partition coefficient (Wildman–Crippen LogP) is 3.02. The third-order valence-corrected chi connectivity index (χ3v) is 5.46. The number of aryl methyl sites for hydroxylation is 1. The zero-order chi connectivity index (χ0) is 16.7. The molecule has 24 heavy (non-hydrogen) atoms. The summed E-state index contributed by atoms with van der Waals surface area (Å²) >= 11 is 3.07. The first kappa shape index (κ1) is 15.6. The minimum absolute atomic E-state index is 0.143. The van der Waals surface area contributed by atoms with Crippen LogP contribution in [0.5, 0.6) is 0 Å². The third kappa shape index (κ3) is 2.91. The molecule has 0 aliphatic heterocycles. The van der Waals surface area contributed by atoms with Gasteiger partial charge in [-0.15, -0.1) is 23.1 Å². The summed E-state index contributed by atoms with van der Waals surface area (Å²) in [5.74, 6) is 1.21. The molecule has 0 unspecified atom stereocenters. The molecule has 1 aliphatic carbocycles. The van der Waals surface area contributed by atoms with E-state index in [-0.39, 0.29) is 5.91 Å². The highest BCUT2D eigenvalue weighted by Gasteiger charge is 2.29. The second kappa shape index (κ2) is 6.18. The van der Waals surface area contributed by atoms with Gasteiger partial charge in [-0.3, -0.25) is 9.20 Å². The first-order chi connectivity index (χ1) is 11.7. The molecule has 3 aromatic heterocycles. The van der Waals surface area contributed by atoms with Crippen LogP contribution in [0.2, 0.25) is 0 Å². The maximum absolute atomic E-state index is 12.6. The second-order valence-corrected chi connectivity index (χ2v) is 7.50. The molecule has 1 amide bonds. The fourth-order valence-corrected chi connectivity index (χ4v) is 3.97. The van der Waals surface area contributed by atoms with E-state index in [0.29, 0.717) is 18.0 Å². The number of thioether (sulfide) groups is 1. The van der Waals surface area contributed by atoms with E-state index in [0.717, 1.165) is 40.0 Å². The van der Waals surface area contributed by atoms with Crippen molar-refractivity contribution in [3.05, 3.63) is 40.5 Å². The van der Waals surface area contributed by atoms with Gasteiger partial charge < -0.3 is 5.32 Å². The van der Waals surface area contributed by atoms with Crippen LogP contribution in [-0.4, -0.2) is 31.5 Å². The predicted molar refractivity (Wildman–Crippen MR) is 94.8 cm³/mol. The highest BCUT2D eigenvalue weighted by molar-refractivity contribution is 7.98. The van der Waals surface area contributed by atoms with E-state index in [1.54, 1.807) is 11.3 Å². The molecule has 0 radical (unpaired) electrons.